The summed E-state index contributed by atoms with van der Waals surface area (Å²) in [5.41, 5.74) is 8.47. The van der Waals surface area contributed by atoms with E-state index in [2.05, 4.69) is 41.1 Å². The van der Waals surface area contributed by atoms with E-state index in [0.717, 1.165) is 31.1 Å². The van der Waals surface area contributed by atoms with E-state index in [-0.39, 0.29) is 0 Å². The highest BCUT2D eigenvalue weighted by Crippen LogP contribution is 2.27. The lowest BCUT2D eigenvalue weighted by Crippen LogP contribution is -2.46. The Hall–Kier alpha value is -1.45. The van der Waals surface area contributed by atoms with Gasteiger partial charge in [-0.1, -0.05) is 37.6 Å². The Bertz CT molecular complexity index is 591. The summed E-state index contributed by atoms with van der Waals surface area (Å²) in [5, 5.41) is 1.22. The molecule has 0 spiro atoms. The number of likely N-dealkylation sites (tertiary alicyclic amines) is 1. The molecule has 2 aromatic rings. The van der Waals surface area contributed by atoms with Crippen LogP contribution in [0.2, 0.25) is 0 Å². The molecule has 0 bridgehead atoms. The highest BCUT2D eigenvalue weighted by atomic mass is 15.2. The van der Waals surface area contributed by atoms with Crippen molar-refractivity contribution in [3.8, 4) is 0 Å². The number of hydrogen-bond donors (Lipinski definition) is 1. The number of hydrogen-bond acceptors (Lipinski definition) is 3. The van der Waals surface area contributed by atoms with Crippen LogP contribution < -0.4 is 5.73 Å². The highest BCUT2D eigenvalue weighted by molar-refractivity contribution is 5.81. The Balaban J connectivity index is 1.81. The van der Waals surface area contributed by atoms with Gasteiger partial charge >= 0.3 is 0 Å². The third kappa shape index (κ3) is 3.09. The summed E-state index contributed by atoms with van der Waals surface area (Å²) in [6.07, 6.45) is 5.70. The molecule has 3 rings (SSSR count). The molecule has 2 N–H and O–H groups in total. The molecule has 1 aliphatic rings. The fourth-order valence-corrected chi connectivity index (χ4v) is 3.52. The van der Waals surface area contributed by atoms with Gasteiger partial charge in [0.25, 0.3) is 0 Å². The summed E-state index contributed by atoms with van der Waals surface area (Å²) >= 11 is 0. The average molecular weight is 283 g/mol. The number of piperidine rings is 1. The average Bonchev–Trinajstić information content (AvgIpc) is 2.55. The summed E-state index contributed by atoms with van der Waals surface area (Å²) in [5.74, 6) is 0.848. The van der Waals surface area contributed by atoms with Gasteiger partial charge < -0.3 is 5.73 Å². The first kappa shape index (κ1) is 14.5. The fourth-order valence-electron chi connectivity index (χ4n) is 3.52. The van der Waals surface area contributed by atoms with Crippen molar-refractivity contribution in [2.24, 2.45) is 11.7 Å². The van der Waals surface area contributed by atoms with Gasteiger partial charge in [-0.05, 0) is 36.9 Å². The van der Waals surface area contributed by atoms with E-state index < -0.39 is 0 Å². The standard InChI is InChI=1S/C18H25N3/c1-2-14-8-10-21(17(11-14)12-19)13-16-6-3-5-15-7-4-9-20-18(15)16/h3-7,9,14,17H,2,8,10-13,19H2,1H3. The van der Waals surface area contributed by atoms with Gasteiger partial charge in [0.1, 0.15) is 0 Å². The number of para-hydroxylation sites is 1. The van der Waals surface area contributed by atoms with Crippen molar-refractivity contribution < 1.29 is 0 Å². The van der Waals surface area contributed by atoms with Crippen molar-refractivity contribution in [1.29, 1.82) is 0 Å². The number of benzene rings is 1. The summed E-state index contributed by atoms with van der Waals surface area (Å²) in [7, 11) is 0. The van der Waals surface area contributed by atoms with Gasteiger partial charge in [0.15, 0.2) is 0 Å². The molecule has 1 aromatic carbocycles. The molecule has 2 heterocycles. The molecule has 2 unspecified atom stereocenters. The van der Waals surface area contributed by atoms with E-state index in [9.17, 15) is 0 Å². The number of nitrogens with two attached hydrogens (primary N) is 1. The largest absolute Gasteiger partial charge is 0.329 e. The van der Waals surface area contributed by atoms with Crippen LogP contribution in [-0.2, 0) is 6.54 Å². The van der Waals surface area contributed by atoms with Crippen LogP contribution >= 0.6 is 0 Å². The fraction of sp³-hybridized carbons (Fsp3) is 0.500. The van der Waals surface area contributed by atoms with Gasteiger partial charge in [0, 0.05) is 30.7 Å². The second kappa shape index (κ2) is 6.54. The molecular weight excluding hydrogens is 258 g/mol. The van der Waals surface area contributed by atoms with Crippen LogP contribution in [0.1, 0.15) is 31.7 Å². The molecule has 1 saturated heterocycles. The molecule has 21 heavy (non-hydrogen) atoms. The molecule has 0 radical (unpaired) electrons. The predicted molar refractivity (Wildman–Crippen MR) is 88.0 cm³/mol. The van der Waals surface area contributed by atoms with E-state index in [1.165, 1.54) is 30.2 Å². The number of aromatic nitrogens is 1. The zero-order valence-electron chi connectivity index (χ0n) is 12.8. The predicted octanol–water partition coefficient (Wildman–Crippen LogP) is 3.18. The Labute approximate surface area is 127 Å². The highest BCUT2D eigenvalue weighted by Gasteiger charge is 2.26. The lowest BCUT2D eigenvalue weighted by Gasteiger charge is -2.39. The minimum Gasteiger partial charge on any atom is -0.329 e. The van der Waals surface area contributed by atoms with Crippen LogP contribution in [0.5, 0.6) is 0 Å². The van der Waals surface area contributed by atoms with Crippen LogP contribution in [0.25, 0.3) is 10.9 Å². The molecule has 1 aliphatic heterocycles. The summed E-state index contributed by atoms with van der Waals surface area (Å²) in [6, 6.07) is 11.1. The third-order valence-corrected chi connectivity index (χ3v) is 4.89. The van der Waals surface area contributed by atoms with Crippen molar-refractivity contribution in [2.45, 2.75) is 38.8 Å². The van der Waals surface area contributed by atoms with Gasteiger partial charge in [-0.25, -0.2) is 0 Å². The van der Waals surface area contributed by atoms with E-state index in [0.29, 0.717) is 6.04 Å². The smallest absolute Gasteiger partial charge is 0.0746 e. The van der Waals surface area contributed by atoms with Crippen LogP contribution in [0, 0.1) is 5.92 Å². The Morgan fingerprint density at radius 1 is 1.29 bits per heavy atom. The van der Waals surface area contributed by atoms with Gasteiger partial charge in [-0.15, -0.1) is 0 Å². The lowest BCUT2D eigenvalue weighted by atomic mass is 9.88. The molecule has 1 fully saturated rings. The van der Waals surface area contributed by atoms with Crippen molar-refractivity contribution in [3.05, 3.63) is 42.1 Å². The first-order valence-electron chi connectivity index (χ1n) is 8.08. The lowest BCUT2D eigenvalue weighted by molar-refractivity contribution is 0.108. The Morgan fingerprint density at radius 3 is 2.95 bits per heavy atom. The van der Waals surface area contributed by atoms with E-state index in [1.807, 2.05) is 12.3 Å². The number of fused-ring (bicyclic) bond motifs is 1. The number of nitrogens with zero attached hydrogens (tertiary/aromatic N) is 2. The van der Waals surface area contributed by atoms with Gasteiger partial charge in [-0.2, -0.15) is 0 Å². The minimum absolute atomic E-state index is 0.516. The summed E-state index contributed by atoms with van der Waals surface area (Å²) < 4.78 is 0. The van der Waals surface area contributed by atoms with E-state index >= 15 is 0 Å². The van der Waals surface area contributed by atoms with Gasteiger partial charge in [-0.3, -0.25) is 9.88 Å². The third-order valence-electron chi connectivity index (χ3n) is 4.89. The summed E-state index contributed by atoms with van der Waals surface area (Å²) in [4.78, 5) is 7.12. The second-order valence-corrected chi connectivity index (χ2v) is 6.15. The molecule has 112 valence electrons. The van der Waals surface area contributed by atoms with Crippen molar-refractivity contribution >= 4 is 10.9 Å². The van der Waals surface area contributed by atoms with Crippen molar-refractivity contribution in [3.63, 3.8) is 0 Å². The zero-order valence-corrected chi connectivity index (χ0v) is 12.8. The van der Waals surface area contributed by atoms with Crippen molar-refractivity contribution in [1.82, 2.24) is 9.88 Å². The van der Waals surface area contributed by atoms with Crippen LogP contribution in [0.3, 0.4) is 0 Å². The molecule has 3 heteroatoms. The van der Waals surface area contributed by atoms with E-state index in [1.54, 1.807) is 0 Å². The summed E-state index contributed by atoms with van der Waals surface area (Å²) in [6.45, 7) is 5.17. The van der Waals surface area contributed by atoms with E-state index in [4.69, 9.17) is 5.73 Å². The molecule has 0 saturated carbocycles. The maximum absolute atomic E-state index is 6.02. The molecule has 3 nitrogen and oxygen atoms in total. The second-order valence-electron chi connectivity index (χ2n) is 6.15. The Morgan fingerprint density at radius 2 is 2.14 bits per heavy atom. The SMILES string of the molecule is CCC1CCN(Cc2cccc3cccnc23)C(CN)C1. The van der Waals surface area contributed by atoms with Crippen LogP contribution in [0.15, 0.2) is 36.5 Å². The van der Waals surface area contributed by atoms with Gasteiger partial charge in [0.2, 0.25) is 0 Å². The molecule has 1 aromatic heterocycles. The minimum atomic E-state index is 0.516. The normalized spacial score (nSPS) is 23.5. The number of pyridine rings is 1. The first-order chi connectivity index (χ1) is 10.3. The first-order valence-corrected chi connectivity index (χ1v) is 8.08. The zero-order chi connectivity index (χ0) is 14.7. The molecule has 0 amide bonds. The van der Waals surface area contributed by atoms with Crippen molar-refractivity contribution in [2.75, 3.05) is 13.1 Å². The van der Waals surface area contributed by atoms with Gasteiger partial charge in [0.05, 0.1) is 5.52 Å². The number of rotatable bonds is 4. The Kier molecular flexibility index (Phi) is 4.51. The maximum atomic E-state index is 6.02. The molecule has 2 atom stereocenters. The maximum Gasteiger partial charge on any atom is 0.0746 e. The van der Waals surface area contributed by atoms with Crippen LogP contribution in [-0.4, -0.2) is 29.0 Å². The van der Waals surface area contributed by atoms with Crippen LogP contribution in [0.4, 0.5) is 0 Å². The quantitative estimate of drug-likeness (QED) is 0.937. The molecular formula is C18H25N3. The topological polar surface area (TPSA) is 42.2 Å². The molecule has 0 aliphatic carbocycles. The monoisotopic (exact) mass is 283 g/mol.